The lowest BCUT2D eigenvalue weighted by molar-refractivity contribution is 0.210. The molecule has 0 bridgehead atoms. The number of hydrogen-bond donors (Lipinski definition) is 2. The lowest BCUT2D eigenvalue weighted by Crippen LogP contribution is -2.11. The minimum atomic E-state index is 0.454. The summed E-state index contributed by atoms with van der Waals surface area (Å²) in [6.07, 6.45) is 0.454. The molecule has 0 saturated heterocycles. The Labute approximate surface area is 101 Å². The van der Waals surface area contributed by atoms with Gasteiger partial charge in [-0.3, -0.25) is 0 Å². The smallest absolute Gasteiger partial charge is 0.131 e. The van der Waals surface area contributed by atoms with Crippen LogP contribution in [-0.4, -0.2) is 36.8 Å². The Morgan fingerprint density at radius 3 is 2.53 bits per heavy atom. The third-order valence-corrected chi connectivity index (χ3v) is 1.99. The number of ether oxygens (including phenoxy) is 1. The van der Waals surface area contributed by atoms with Crippen LogP contribution in [0.1, 0.15) is 12.2 Å². The van der Waals surface area contributed by atoms with Gasteiger partial charge in [0.15, 0.2) is 0 Å². The molecule has 0 atom stereocenters. The highest BCUT2D eigenvalue weighted by molar-refractivity contribution is 5.47. The Morgan fingerprint density at radius 2 is 1.94 bits per heavy atom. The van der Waals surface area contributed by atoms with Crippen molar-refractivity contribution in [3.8, 4) is 6.07 Å². The number of nitriles is 1. The molecular formula is C11H17N5O. The molecule has 0 unspecified atom stereocenters. The molecule has 1 aromatic heterocycles. The van der Waals surface area contributed by atoms with Crippen molar-refractivity contribution in [2.45, 2.75) is 13.3 Å². The van der Waals surface area contributed by atoms with Gasteiger partial charge in [0, 0.05) is 26.3 Å². The van der Waals surface area contributed by atoms with Gasteiger partial charge in [-0.1, -0.05) is 0 Å². The molecule has 0 fully saturated rings. The van der Waals surface area contributed by atoms with Crippen LogP contribution in [0.5, 0.6) is 0 Å². The van der Waals surface area contributed by atoms with Crippen molar-refractivity contribution in [2.75, 3.05) is 37.4 Å². The third-order valence-electron chi connectivity index (χ3n) is 1.99. The maximum absolute atomic E-state index is 8.45. The van der Waals surface area contributed by atoms with Gasteiger partial charge >= 0.3 is 0 Å². The second-order valence-electron chi connectivity index (χ2n) is 3.44. The topological polar surface area (TPSA) is 82.9 Å². The molecule has 1 aromatic rings. The molecule has 0 aliphatic rings. The van der Waals surface area contributed by atoms with E-state index >= 15 is 0 Å². The van der Waals surface area contributed by atoms with Crippen molar-refractivity contribution in [1.29, 1.82) is 5.26 Å². The highest BCUT2D eigenvalue weighted by Gasteiger charge is 2.00. The van der Waals surface area contributed by atoms with Crippen LogP contribution in [0.3, 0.4) is 0 Å². The summed E-state index contributed by atoms with van der Waals surface area (Å²) in [5.41, 5.74) is 0. The van der Waals surface area contributed by atoms with Gasteiger partial charge in [0.2, 0.25) is 0 Å². The molecule has 0 saturated carbocycles. The Hall–Kier alpha value is -1.87. The minimum absolute atomic E-state index is 0.454. The molecule has 92 valence electrons. The largest absolute Gasteiger partial charge is 0.383 e. The first-order valence-corrected chi connectivity index (χ1v) is 5.45. The summed E-state index contributed by atoms with van der Waals surface area (Å²) in [6, 6.07) is 3.89. The molecule has 6 heteroatoms. The Balaban J connectivity index is 2.56. The predicted octanol–water partition coefficient (Wildman–Crippen LogP) is 1.17. The number of nitrogens with zero attached hydrogens (tertiary/aromatic N) is 3. The van der Waals surface area contributed by atoms with E-state index in [1.807, 2.05) is 13.0 Å². The summed E-state index contributed by atoms with van der Waals surface area (Å²) in [4.78, 5) is 8.48. The average molecular weight is 235 g/mol. The van der Waals surface area contributed by atoms with Gasteiger partial charge in [-0.2, -0.15) is 5.26 Å². The third kappa shape index (κ3) is 5.13. The van der Waals surface area contributed by atoms with Crippen molar-refractivity contribution < 1.29 is 4.74 Å². The molecule has 0 aliphatic carbocycles. The highest BCUT2D eigenvalue weighted by atomic mass is 16.5. The fourth-order valence-electron chi connectivity index (χ4n) is 1.28. The van der Waals surface area contributed by atoms with E-state index in [2.05, 4.69) is 26.7 Å². The van der Waals surface area contributed by atoms with E-state index in [1.54, 1.807) is 7.11 Å². The van der Waals surface area contributed by atoms with Gasteiger partial charge in [-0.05, 0) is 6.92 Å². The van der Waals surface area contributed by atoms with Gasteiger partial charge in [0.1, 0.15) is 17.5 Å². The number of nitrogens with one attached hydrogen (secondary N) is 2. The van der Waals surface area contributed by atoms with Gasteiger partial charge in [0.25, 0.3) is 0 Å². The summed E-state index contributed by atoms with van der Waals surface area (Å²) in [7, 11) is 1.65. The van der Waals surface area contributed by atoms with Crippen LogP contribution in [-0.2, 0) is 4.74 Å². The Bertz CT molecular complexity index is 388. The molecule has 6 nitrogen and oxygen atoms in total. The van der Waals surface area contributed by atoms with Crippen LogP contribution in [0.15, 0.2) is 6.07 Å². The van der Waals surface area contributed by atoms with E-state index < -0.39 is 0 Å². The normalized spacial score (nSPS) is 9.71. The number of hydrogen-bond acceptors (Lipinski definition) is 6. The second kappa shape index (κ2) is 7.41. The summed E-state index contributed by atoms with van der Waals surface area (Å²) < 4.78 is 4.95. The number of rotatable bonds is 7. The van der Waals surface area contributed by atoms with Gasteiger partial charge in [0.05, 0.1) is 19.1 Å². The van der Waals surface area contributed by atoms with Crippen molar-refractivity contribution in [3.05, 3.63) is 11.9 Å². The van der Waals surface area contributed by atoms with E-state index in [9.17, 15) is 0 Å². The zero-order valence-electron chi connectivity index (χ0n) is 10.2. The molecule has 0 radical (unpaired) electrons. The first-order chi connectivity index (χ1) is 8.26. The van der Waals surface area contributed by atoms with Crippen LogP contribution in [0.2, 0.25) is 0 Å². The number of methoxy groups -OCH3 is 1. The zero-order chi connectivity index (χ0) is 12.5. The lowest BCUT2D eigenvalue weighted by atomic mass is 10.4. The minimum Gasteiger partial charge on any atom is -0.383 e. The number of aryl methyl sites for hydroxylation is 1. The van der Waals surface area contributed by atoms with Gasteiger partial charge in [-0.15, -0.1) is 0 Å². The summed E-state index contributed by atoms with van der Waals surface area (Å²) in [5, 5.41) is 14.7. The molecule has 1 rings (SSSR count). The van der Waals surface area contributed by atoms with E-state index in [-0.39, 0.29) is 0 Å². The summed E-state index contributed by atoms with van der Waals surface area (Å²) >= 11 is 0. The average Bonchev–Trinajstić information content (AvgIpc) is 2.29. The van der Waals surface area contributed by atoms with E-state index in [1.165, 1.54) is 0 Å². The molecule has 0 aromatic carbocycles. The maximum atomic E-state index is 8.45. The van der Waals surface area contributed by atoms with Crippen molar-refractivity contribution in [1.82, 2.24) is 9.97 Å². The van der Waals surface area contributed by atoms with Gasteiger partial charge < -0.3 is 15.4 Å². The quantitative estimate of drug-likeness (QED) is 0.690. The monoisotopic (exact) mass is 235 g/mol. The van der Waals surface area contributed by atoms with E-state index in [0.29, 0.717) is 31.9 Å². The van der Waals surface area contributed by atoms with Crippen LogP contribution in [0, 0.1) is 18.3 Å². The molecule has 0 aliphatic heterocycles. The first kappa shape index (κ1) is 13.2. The molecule has 1 heterocycles. The molecule has 0 amide bonds. The standard InChI is InChI=1S/C11H17N5O/c1-9-15-10(13-5-3-4-12)8-11(16-9)14-6-7-17-2/h8H,3,5-7H2,1-2H3,(H2,13,14,15,16). The highest BCUT2D eigenvalue weighted by Crippen LogP contribution is 2.10. The Kier molecular flexibility index (Phi) is 5.75. The molecule has 17 heavy (non-hydrogen) atoms. The molecular weight excluding hydrogens is 218 g/mol. The van der Waals surface area contributed by atoms with Gasteiger partial charge in [-0.25, -0.2) is 9.97 Å². The Morgan fingerprint density at radius 1 is 1.29 bits per heavy atom. The molecule has 2 N–H and O–H groups in total. The van der Waals surface area contributed by atoms with E-state index in [0.717, 1.165) is 11.6 Å². The number of aromatic nitrogens is 2. The fourth-order valence-corrected chi connectivity index (χ4v) is 1.28. The van der Waals surface area contributed by atoms with Crippen LogP contribution in [0.25, 0.3) is 0 Å². The SMILES string of the molecule is COCCNc1cc(NCCC#N)nc(C)n1. The lowest BCUT2D eigenvalue weighted by Gasteiger charge is -2.08. The molecule has 0 spiro atoms. The van der Waals surface area contributed by atoms with Crippen molar-refractivity contribution in [3.63, 3.8) is 0 Å². The summed E-state index contributed by atoms with van der Waals surface area (Å²) in [5.74, 6) is 2.17. The first-order valence-electron chi connectivity index (χ1n) is 5.45. The summed E-state index contributed by atoms with van der Waals surface area (Å²) in [6.45, 7) is 3.74. The fraction of sp³-hybridized carbons (Fsp3) is 0.545. The number of anilines is 2. The van der Waals surface area contributed by atoms with Crippen LogP contribution < -0.4 is 10.6 Å². The second-order valence-corrected chi connectivity index (χ2v) is 3.44. The van der Waals surface area contributed by atoms with E-state index in [4.69, 9.17) is 10.00 Å². The zero-order valence-corrected chi connectivity index (χ0v) is 10.2. The predicted molar refractivity (Wildman–Crippen MR) is 65.9 cm³/mol. The van der Waals surface area contributed by atoms with Crippen LogP contribution in [0.4, 0.5) is 11.6 Å². The maximum Gasteiger partial charge on any atom is 0.131 e. The van der Waals surface area contributed by atoms with Crippen molar-refractivity contribution >= 4 is 11.6 Å². The van der Waals surface area contributed by atoms with Crippen molar-refractivity contribution in [2.24, 2.45) is 0 Å². The van der Waals surface area contributed by atoms with Crippen LogP contribution >= 0.6 is 0 Å².